The van der Waals surface area contributed by atoms with E-state index < -0.39 is 6.16 Å². The van der Waals surface area contributed by atoms with Gasteiger partial charge in [0, 0.05) is 0 Å². The molecule has 9 heavy (non-hydrogen) atoms. The van der Waals surface area contributed by atoms with E-state index in [4.69, 9.17) is 15.0 Å². The zero-order valence-electron chi connectivity index (χ0n) is 6.22. The Bertz CT molecular complexity index is 42.6. The van der Waals surface area contributed by atoms with Gasteiger partial charge in [-0.25, -0.2) is 4.79 Å². The SMILES string of the molecule is N.N.O.O.O=C(O)O.[H-].[K+]. The quantitative estimate of drug-likeness (QED) is 0.270. The Balaban J connectivity index is -0.00000000300. The summed E-state index contributed by atoms with van der Waals surface area (Å²) in [4.78, 5) is 8.56. The summed E-state index contributed by atoms with van der Waals surface area (Å²) >= 11 is 0. The molecule has 7 nitrogen and oxygen atoms in total. The minimum atomic E-state index is -1.83. The average molecular weight is 172 g/mol. The molecule has 0 saturated carbocycles. The van der Waals surface area contributed by atoms with Gasteiger partial charge in [-0.2, -0.15) is 0 Å². The zero-order chi connectivity index (χ0) is 3.58. The minimum Gasteiger partial charge on any atom is -1.00 e. The maximum absolute atomic E-state index is 8.56. The van der Waals surface area contributed by atoms with Crippen molar-refractivity contribution in [2.75, 3.05) is 0 Å². The minimum absolute atomic E-state index is 0. The summed E-state index contributed by atoms with van der Waals surface area (Å²) in [5.74, 6) is 0. The maximum atomic E-state index is 8.56. The van der Waals surface area contributed by atoms with Gasteiger partial charge in [-0.1, -0.05) is 0 Å². The Labute approximate surface area is 96.1 Å². The van der Waals surface area contributed by atoms with Gasteiger partial charge in [0.1, 0.15) is 0 Å². The molecule has 0 aromatic heterocycles. The number of rotatable bonds is 0. The Hall–Kier alpha value is 0.746. The van der Waals surface area contributed by atoms with Gasteiger partial charge >= 0.3 is 57.5 Å². The van der Waals surface area contributed by atoms with Crippen LogP contribution in [0.5, 0.6) is 0 Å². The zero-order valence-corrected chi connectivity index (χ0v) is 8.34. The number of hydrogen-bond acceptors (Lipinski definition) is 3. The molecule has 0 bridgehead atoms. The molecule has 0 aliphatic rings. The third-order valence-electron chi connectivity index (χ3n) is 0. The molecule has 8 heteroatoms. The van der Waals surface area contributed by atoms with Gasteiger partial charge in [0.15, 0.2) is 0 Å². The molecule has 58 valence electrons. The largest absolute Gasteiger partial charge is 1.00 e. The van der Waals surface area contributed by atoms with Crippen molar-refractivity contribution in [3.8, 4) is 0 Å². The van der Waals surface area contributed by atoms with Gasteiger partial charge in [0.05, 0.1) is 0 Å². The number of carboxylic acid groups (broad SMARTS) is 2. The van der Waals surface area contributed by atoms with Crippen LogP contribution < -0.4 is 63.7 Å². The van der Waals surface area contributed by atoms with Crippen molar-refractivity contribution in [1.82, 2.24) is 12.3 Å². The van der Waals surface area contributed by atoms with E-state index in [-0.39, 0.29) is 76.1 Å². The molecule has 0 amide bonds. The van der Waals surface area contributed by atoms with Gasteiger partial charge in [0.25, 0.3) is 0 Å². The summed E-state index contributed by atoms with van der Waals surface area (Å²) in [5, 5.41) is 13.9. The van der Waals surface area contributed by atoms with E-state index >= 15 is 0 Å². The van der Waals surface area contributed by atoms with Crippen LogP contribution in [0.1, 0.15) is 1.43 Å². The summed E-state index contributed by atoms with van der Waals surface area (Å²) in [7, 11) is 0. The van der Waals surface area contributed by atoms with Gasteiger partial charge in [-0.05, 0) is 0 Å². The van der Waals surface area contributed by atoms with E-state index in [1.54, 1.807) is 0 Å². The molecule has 0 saturated heterocycles. The van der Waals surface area contributed by atoms with E-state index in [2.05, 4.69) is 0 Å². The molecule has 0 heterocycles. The van der Waals surface area contributed by atoms with Crippen LogP contribution in [-0.2, 0) is 0 Å². The second-order valence-corrected chi connectivity index (χ2v) is 0.283. The average Bonchev–Trinajstić information content (AvgIpc) is 0.811. The maximum Gasteiger partial charge on any atom is 1.00 e. The normalized spacial score (nSPS) is 2.67. The van der Waals surface area contributed by atoms with Crippen LogP contribution in [0.3, 0.4) is 0 Å². The Morgan fingerprint density at radius 2 is 1.11 bits per heavy atom. The van der Waals surface area contributed by atoms with E-state index in [1.165, 1.54) is 0 Å². The monoisotopic (exact) mass is 172 g/mol. The Morgan fingerprint density at radius 1 is 1.11 bits per heavy atom. The van der Waals surface area contributed by atoms with Crippen LogP contribution >= 0.6 is 0 Å². The van der Waals surface area contributed by atoms with Crippen molar-refractivity contribution in [2.45, 2.75) is 0 Å². The molecule has 0 rings (SSSR count). The molecule has 0 aliphatic carbocycles. The smallest absolute Gasteiger partial charge is 1.00 e. The first kappa shape index (κ1) is 53.1. The van der Waals surface area contributed by atoms with Crippen LogP contribution in [0.25, 0.3) is 0 Å². The molecular weight excluding hydrogens is 159 g/mol. The summed E-state index contributed by atoms with van der Waals surface area (Å²) in [5.41, 5.74) is 0. The second-order valence-electron chi connectivity index (χ2n) is 0.283. The molecule has 0 radical (unpaired) electrons. The number of hydrogen-bond donors (Lipinski definition) is 4. The molecule has 0 aliphatic heterocycles. The van der Waals surface area contributed by atoms with Gasteiger partial charge < -0.3 is 34.9 Å². The Morgan fingerprint density at radius 3 is 1.11 bits per heavy atom. The van der Waals surface area contributed by atoms with E-state index in [1.807, 2.05) is 0 Å². The third-order valence-corrected chi connectivity index (χ3v) is 0. The summed E-state index contributed by atoms with van der Waals surface area (Å²) in [6, 6.07) is 0. The molecule has 0 fully saturated rings. The van der Waals surface area contributed by atoms with Crippen LogP contribution in [0.2, 0.25) is 0 Å². The first-order valence-corrected chi connectivity index (χ1v) is 0.651. The van der Waals surface area contributed by atoms with Crippen molar-refractivity contribution in [1.29, 1.82) is 0 Å². The fraction of sp³-hybridized carbons (Fsp3) is 0. The van der Waals surface area contributed by atoms with E-state index in [9.17, 15) is 0 Å². The van der Waals surface area contributed by atoms with Crippen LogP contribution in [0.15, 0.2) is 0 Å². The predicted octanol–water partition coefficient (Wildman–Crippen LogP) is -3.99. The van der Waals surface area contributed by atoms with Crippen molar-refractivity contribution in [2.24, 2.45) is 0 Å². The van der Waals surface area contributed by atoms with Crippen molar-refractivity contribution in [3.05, 3.63) is 0 Å². The van der Waals surface area contributed by atoms with Crippen molar-refractivity contribution in [3.63, 3.8) is 0 Å². The molecule has 0 aromatic rings. The van der Waals surface area contributed by atoms with Crippen molar-refractivity contribution < 1.29 is 78.8 Å². The molecule has 12 N–H and O–H groups in total. The topological polar surface area (TPSA) is 191 Å². The summed E-state index contributed by atoms with van der Waals surface area (Å²) in [6.07, 6.45) is -1.83. The van der Waals surface area contributed by atoms with Gasteiger partial charge in [-0.15, -0.1) is 0 Å². The predicted molar refractivity (Wildman–Crippen MR) is 29.0 cm³/mol. The second kappa shape index (κ2) is 37.4. The number of carbonyl (C=O) groups is 1. The molecular formula is CH13KN2O5. The first-order chi connectivity index (χ1) is 1.73. The summed E-state index contributed by atoms with van der Waals surface area (Å²) < 4.78 is 0. The molecule has 0 atom stereocenters. The fourth-order valence-corrected chi connectivity index (χ4v) is 0. The standard InChI is InChI=1S/CH2O3.K.2H3N.2H2O.H/c2-1(3)4;;;;;;/h(H2,2,3,4);;2*1H3;2*1H2;/q;+1;;;;;-1. The van der Waals surface area contributed by atoms with E-state index in [0.717, 1.165) is 0 Å². The van der Waals surface area contributed by atoms with Gasteiger partial charge in [0.2, 0.25) is 0 Å². The van der Waals surface area contributed by atoms with E-state index in [0.29, 0.717) is 0 Å². The van der Waals surface area contributed by atoms with Gasteiger partial charge in [-0.3, -0.25) is 0 Å². The van der Waals surface area contributed by atoms with Crippen LogP contribution in [-0.4, -0.2) is 27.3 Å². The summed E-state index contributed by atoms with van der Waals surface area (Å²) in [6.45, 7) is 0. The first-order valence-electron chi connectivity index (χ1n) is 0.651. The third kappa shape index (κ3) is 715. The molecule has 0 aromatic carbocycles. The molecule has 0 spiro atoms. The fourth-order valence-electron chi connectivity index (χ4n) is 0. The van der Waals surface area contributed by atoms with Crippen molar-refractivity contribution >= 4 is 6.16 Å². The van der Waals surface area contributed by atoms with Crippen LogP contribution in [0, 0.1) is 0 Å². The molecule has 0 unspecified atom stereocenters. The Kier molecular flexibility index (Phi) is 221. The van der Waals surface area contributed by atoms with Crippen LogP contribution in [0.4, 0.5) is 4.79 Å².